The number of hydrogen-bond donors (Lipinski definition) is 0. The van der Waals surface area contributed by atoms with E-state index in [2.05, 4.69) is 15.1 Å². The van der Waals surface area contributed by atoms with Gasteiger partial charge in [-0.15, -0.1) is 5.10 Å². The van der Waals surface area contributed by atoms with E-state index in [9.17, 15) is 4.79 Å². The van der Waals surface area contributed by atoms with E-state index >= 15 is 0 Å². The molecule has 0 unspecified atom stereocenters. The summed E-state index contributed by atoms with van der Waals surface area (Å²) in [5, 5.41) is 8.30. The van der Waals surface area contributed by atoms with Gasteiger partial charge in [0, 0.05) is 52.4 Å². The van der Waals surface area contributed by atoms with Crippen LogP contribution in [0.2, 0.25) is 0 Å². The number of anilines is 2. The van der Waals surface area contributed by atoms with Crippen molar-refractivity contribution in [2.24, 2.45) is 0 Å². The Balaban J connectivity index is 1.57. The Hall–Kier alpha value is -2.89. The van der Waals surface area contributed by atoms with Gasteiger partial charge in [0.15, 0.2) is 5.82 Å². The lowest BCUT2D eigenvalue weighted by molar-refractivity contribution is -0.126. The molecule has 1 saturated heterocycles. The molecular formula is C19H23N5O. The van der Waals surface area contributed by atoms with E-state index in [-0.39, 0.29) is 5.91 Å². The van der Waals surface area contributed by atoms with Crippen molar-refractivity contribution in [3.63, 3.8) is 0 Å². The summed E-state index contributed by atoms with van der Waals surface area (Å²) in [4.78, 5) is 18.4. The van der Waals surface area contributed by atoms with Gasteiger partial charge >= 0.3 is 0 Å². The van der Waals surface area contributed by atoms with Gasteiger partial charge in [0.25, 0.3) is 0 Å². The second-order valence-electron chi connectivity index (χ2n) is 6.22. The van der Waals surface area contributed by atoms with E-state index in [1.807, 2.05) is 66.4 Å². The molecule has 0 spiro atoms. The molecule has 0 bridgehead atoms. The lowest BCUT2D eigenvalue weighted by atomic mass is 10.2. The Morgan fingerprint density at radius 2 is 1.84 bits per heavy atom. The zero-order valence-corrected chi connectivity index (χ0v) is 14.7. The van der Waals surface area contributed by atoms with Crippen LogP contribution in [0.1, 0.15) is 5.56 Å². The Labute approximate surface area is 148 Å². The van der Waals surface area contributed by atoms with E-state index < -0.39 is 0 Å². The van der Waals surface area contributed by atoms with Gasteiger partial charge in [-0.1, -0.05) is 30.3 Å². The molecule has 1 amide bonds. The molecular weight excluding hydrogens is 314 g/mol. The van der Waals surface area contributed by atoms with E-state index in [4.69, 9.17) is 0 Å². The molecule has 0 atom stereocenters. The normalized spacial score (nSPS) is 14.8. The van der Waals surface area contributed by atoms with Crippen LogP contribution in [0.3, 0.4) is 0 Å². The van der Waals surface area contributed by atoms with Crippen molar-refractivity contribution in [2.45, 2.75) is 0 Å². The highest BCUT2D eigenvalue weighted by Gasteiger charge is 2.21. The molecule has 1 aromatic heterocycles. The molecule has 0 aliphatic carbocycles. The van der Waals surface area contributed by atoms with Gasteiger partial charge in [-0.25, -0.2) is 0 Å². The van der Waals surface area contributed by atoms with Gasteiger partial charge < -0.3 is 14.7 Å². The highest BCUT2D eigenvalue weighted by atomic mass is 16.2. The predicted octanol–water partition coefficient (Wildman–Crippen LogP) is 1.90. The summed E-state index contributed by atoms with van der Waals surface area (Å²) < 4.78 is 0. The third-order valence-electron chi connectivity index (χ3n) is 4.28. The summed E-state index contributed by atoms with van der Waals surface area (Å²) in [5.41, 5.74) is 2.06. The maximum absolute atomic E-state index is 12.3. The van der Waals surface area contributed by atoms with Crippen LogP contribution in [0.25, 0.3) is 6.08 Å². The Morgan fingerprint density at radius 3 is 2.52 bits per heavy atom. The predicted molar refractivity (Wildman–Crippen MR) is 101 cm³/mol. The lowest BCUT2D eigenvalue weighted by Gasteiger charge is -2.34. The van der Waals surface area contributed by atoms with Crippen LogP contribution >= 0.6 is 0 Å². The van der Waals surface area contributed by atoms with Crippen molar-refractivity contribution >= 4 is 23.5 Å². The number of piperazine rings is 1. The lowest BCUT2D eigenvalue weighted by Crippen LogP contribution is -2.48. The number of aromatic nitrogens is 2. The maximum Gasteiger partial charge on any atom is 0.246 e. The van der Waals surface area contributed by atoms with Crippen molar-refractivity contribution in [1.82, 2.24) is 15.1 Å². The topological polar surface area (TPSA) is 52.6 Å². The third-order valence-corrected chi connectivity index (χ3v) is 4.28. The molecule has 0 radical (unpaired) electrons. The Kier molecular flexibility index (Phi) is 5.28. The van der Waals surface area contributed by atoms with Crippen molar-refractivity contribution in [1.29, 1.82) is 0 Å². The molecule has 1 fully saturated rings. The first-order valence-corrected chi connectivity index (χ1v) is 8.40. The summed E-state index contributed by atoms with van der Waals surface area (Å²) in [6, 6.07) is 11.9. The van der Waals surface area contributed by atoms with Crippen LogP contribution in [-0.2, 0) is 4.79 Å². The molecule has 0 N–H and O–H groups in total. The fourth-order valence-electron chi connectivity index (χ4n) is 2.74. The van der Waals surface area contributed by atoms with Crippen LogP contribution in [-0.4, -0.2) is 61.3 Å². The molecule has 6 nitrogen and oxygen atoms in total. The van der Waals surface area contributed by atoms with Gasteiger partial charge in [0.05, 0.1) is 11.9 Å². The minimum Gasteiger partial charge on any atom is -0.376 e. The number of nitrogens with zero attached hydrogens (tertiary/aromatic N) is 5. The summed E-state index contributed by atoms with van der Waals surface area (Å²) in [5.74, 6) is 0.912. The minimum absolute atomic E-state index is 0.0524. The minimum atomic E-state index is 0.0524. The molecule has 2 heterocycles. The summed E-state index contributed by atoms with van der Waals surface area (Å²) in [7, 11) is 3.97. The average Bonchev–Trinajstić information content (AvgIpc) is 2.67. The second-order valence-corrected chi connectivity index (χ2v) is 6.22. The van der Waals surface area contributed by atoms with E-state index in [1.54, 1.807) is 12.3 Å². The van der Waals surface area contributed by atoms with Crippen molar-refractivity contribution < 1.29 is 4.79 Å². The average molecular weight is 337 g/mol. The molecule has 1 aliphatic rings. The zero-order valence-electron chi connectivity index (χ0n) is 14.7. The Bertz CT molecular complexity index is 736. The number of hydrogen-bond acceptors (Lipinski definition) is 5. The summed E-state index contributed by atoms with van der Waals surface area (Å²) in [6.45, 7) is 2.89. The number of carbonyl (C=O) groups is 1. The number of rotatable bonds is 4. The van der Waals surface area contributed by atoms with Crippen LogP contribution in [0.4, 0.5) is 11.5 Å². The highest BCUT2D eigenvalue weighted by molar-refractivity contribution is 5.91. The van der Waals surface area contributed by atoms with E-state index in [0.717, 1.165) is 30.2 Å². The van der Waals surface area contributed by atoms with Crippen LogP contribution < -0.4 is 9.80 Å². The number of amides is 1. The standard InChI is InChI=1S/C19H23N5O/c1-22(2)17-14-18(21-20-15-17)23-10-12-24(13-11-23)19(25)9-8-16-6-4-3-5-7-16/h3-9,14-15H,10-13H2,1-2H3/b9-8+. The summed E-state index contributed by atoms with van der Waals surface area (Å²) in [6.07, 6.45) is 5.26. The first kappa shape index (κ1) is 17.0. The highest BCUT2D eigenvalue weighted by Crippen LogP contribution is 2.18. The van der Waals surface area contributed by atoms with Gasteiger partial charge in [-0.05, 0) is 11.6 Å². The zero-order chi connectivity index (χ0) is 17.6. The third kappa shape index (κ3) is 4.35. The van der Waals surface area contributed by atoms with E-state index in [0.29, 0.717) is 13.1 Å². The van der Waals surface area contributed by atoms with Gasteiger partial charge in [0.1, 0.15) is 0 Å². The van der Waals surface area contributed by atoms with Crippen LogP contribution in [0, 0.1) is 0 Å². The molecule has 0 saturated carbocycles. The van der Waals surface area contributed by atoms with Crippen LogP contribution in [0.15, 0.2) is 48.7 Å². The van der Waals surface area contributed by atoms with Crippen molar-refractivity contribution in [3.05, 3.63) is 54.2 Å². The van der Waals surface area contributed by atoms with Crippen molar-refractivity contribution in [2.75, 3.05) is 50.1 Å². The smallest absolute Gasteiger partial charge is 0.246 e. The molecule has 1 aromatic carbocycles. The molecule has 130 valence electrons. The van der Waals surface area contributed by atoms with Gasteiger partial charge in [0.2, 0.25) is 5.91 Å². The SMILES string of the molecule is CN(C)c1cnnc(N2CCN(C(=O)/C=C/c3ccccc3)CC2)c1. The number of carbonyl (C=O) groups excluding carboxylic acids is 1. The second kappa shape index (κ2) is 7.79. The summed E-state index contributed by atoms with van der Waals surface area (Å²) >= 11 is 0. The van der Waals surface area contributed by atoms with Gasteiger partial charge in [-0.2, -0.15) is 5.10 Å². The molecule has 1 aliphatic heterocycles. The fourth-order valence-corrected chi connectivity index (χ4v) is 2.74. The molecule has 25 heavy (non-hydrogen) atoms. The molecule has 3 rings (SSSR count). The maximum atomic E-state index is 12.3. The Morgan fingerprint density at radius 1 is 1.12 bits per heavy atom. The fraction of sp³-hybridized carbons (Fsp3) is 0.316. The number of benzene rings is 1. The van der Waals surface area contributed by atoms with Crippen molar-refractivity contribution in [3.8, 4) is 0 Å². The van der Waals surface area contributed by atoms with Crippen LogP contribution in [0.5, 0.6) is 0 Å². The van der Waals surface area contributed by atoms with E-state index in [1.165, 1.54) is 0 Å². The first-order valence-electron chi connectivity index (χ1n) is 8.40. The monoisotopic (exact) mass is 337 g/mol. The molecule has 6 heteroatoms. The van der Waals surface area contributed by atoms with Gasteiger partial charge in [-0.3, -0.25) is 4.79 Å². The quantitative estimate of drug-likeness (QED) is 0.798. The largest absolute Gasteiger partial charge is 0.376 e. The molecule has 2 aromatic rings. The first-order chi connectivity index (χ1) is 12.1.